The maximum absolute atomic E-state index is 12.9. The van der Waals surface area contributed by atoms with Crippen LogP contribution in [0, 0.1) is 0 Å². The summed E-state index contributed by atoms with van der Waals surface area (Å²) in [5.74, 6) is -1.15. The Kier molecular flexibility index (Phi) is 4.62. The molecule has 0 saturated carbocycles. The highest BCUT2D eigenvalue weighted by Gasteiger charge is 2.39. The van der Waals surface area contributed by atoms with Gasteiger partial charge in [-0.3, -0.25) is 24.5 Å². The SMILES string of the molecule is O=C1CCC(N2Cc3cc(-n4cc(C(=O)Nc5cnc6cccnn56)nn4)ccc3C2=O)C(=O)N1. The molecular formula is C22H17N9O4. The average Bonchev–Trinajstić information content (AvgIpc) is 3.57. The van der Waals surface area contributed by atoms with Crippen LogP contribution in [-0.2, 0) is 16.1 Å². The first-order valence-corrected chi connectivity index (χ1v) is 10.8. The lowest BCUT2D eigenvalue weighted by molar-refractivity contribution is -0.136. The summed E-state index contributed by atoms with van der Waals surface area (Å²) in [5, 5.41) is 17.2. The molecule has 3 aromatic heterocycles. The number of imidazole rings is 1. The van der Waals surface area contributed by atoms with Gasteiger partial charge in [-0.2, -0.15) is 9.61 Å². The summed E-state index contributed by atoms with van der Waals surface area (Å²) in [7, 11) is 0. The zero-order chi connectivity index (χ0) is 24.1. The Balaban J connectivity index is 1.21. The second-order valence-corrected chi connectivity index (χ2v) is 8.18. The first-order chi connectivity index (χ1) is 17.0. The molecule has 174 valence electrons. The highest BCUT2D eigenvalue weighted by molar-refractivity contribution is 6.05. The number of rotatable bonds is 4. The molecule has 4 amide bonds. The van der Waals surface area contributed by atoms with Crippen molar-refractivity contribution in [3.05, 3.63) is 65.7 Å². The fourth-order valence-electron chi connectivity index (χ4n) is 4.29. The molecule has 2 aliphatic rings. The van der Waals surface area contributed by atoms with Crippen molar-refractivity contribution in [1.82, 2.24) is 39.8 Å². The molecule has 1 atom stereocenters. The molecule has 13 nitrogen and oxygen atoms in total. The van der Waals surface area contributed by atoms with Gasteiger partial charge < -0.3 is 10.2 Å². The van der Waals surface area contributed by atoms with E-state index in [9.17, 15) is 19.2 Å². The van der Waals surface area contributed by atoms with E-state index in [0.29, 0.717) is 29.1 Å². The minimum absolute atomic E-state index is 0.0811. The second-order valence-electron chi connectivity index (χ2n) is 8.18. The van der Waals surface area contributed by atoms with E-state index in [2.05, 4.69) is 31.0 Å². The predicted molar refractivity (Wildman–Crippen MR) is 118 cm³/mol. The van der Waals surface area contributed by atoms with Crippen LogP contribution in [0.4, 0.5) is 5.82 Å². The predicted octanol–water partition coefficient (Wildman–Crippen LogP) is 0.323. The van der Waals surface area contributed by atoms with Crippen LogP contribution in [0.25, 0.3) is 11.3 Å². The standard InChI is InChI=1S/C22H17N9O4/c32-19-6-5-16(21(34)26-19)29-10-12-8-13(3-4-14(12)22(29)35)30-11-15(27-28-30)20(33)25-18-9-23-17-2-1-7-24-31(17)18/h1-4,7-9,11,16H,5-6,10H2,(H,25,33)(H,26,32,34). The third-order valence-corrected chi connectivity index (χ3v) is 6.02. The number of carbonyl (C=O) groups excluding carboxylic acids is 4. The molecule has 0 spiro atoms. The molecule has 5 heterocycles. The van der Waals surface area contributed by atoms with E-state index in [1.165, 1.54) is 26.5 Å². The Hall–Kier alpha value is -4.94. The van der Waals surface area contributed by atoms with E-state index in [0.717, 1.165) is 5.56 Å². The van der Waals surface area contributed by atoms with Gasteiger partial charge in [0.25, 0.3) is 11.8 Å². The molecule has 0 aliphatic carbocycles. The smallest absolute Gasteiger partial charge is 0.279 e. The zero-order valence-electron chi connectivity index (χ0n) is 18.1. The summed E-state index contributed by atoms with van der Waals surface area (Å²) in [6.07, 6.45) is 5.04. The zero-order valence-corrected chi connectivity index (χ0v) is 18.1. The number of anilines is 1. The lowest BCUT2D eigenvalue weighted by Crippen LogP contribution is -2.52. The number of hydrogen-bond donors (Lipinski definition) is 2. The van der Waals surface area contributed by atoms with Crippen LogP contribution in [0.5, 0.6) is 0 Å². The Morgan fingerprint density at radius 1 is 1.17 bits per heavy atom. The van der Waals surface area contributed by atoms with Gasteiger partial charge >= 0.3 is 0 Å². The van der Waals surface area contributed by atoms with E-state index >= 15 is 0 Å². The summed E-state index contributed by atoms with van der Waals surface area (Å²) < 4.78 is 2.93. The van der Waals surface area contributed by atoms with Gasteiger partial charge in [-0.15, -0.1) is 5.10 Å². The number of amides is 4. The molecule has 1 saturated heterocycles. The topological polar surface area (TPSA) is 156 Å². The number of piperidine rings is 1. The van der Waals surface area contributed by atoms with E-state index in [-0.39, 0.29) is 30.5 Å². The number of carbonyl (C=O) groups is 4. The van der Waals surface area contributed by atoms with Crippen molar-refractivity contribution in [2.75, 3.05) is 5.32 Å². The Bertz CT molecular complexity index is 1540. The molecule has 35 heavy (non-hydrogen) atoms. The third kappa shape index (κ3) is 3.49. The van der Waals surface area contributed by atoms with Gasteiger partial charge in [0.1, 0.15) is 6.04 Å². The quantitative estimate of drug-likeness (QED) is 0.403. The number of imide groups is 1. The van der Waals surface area contributed by atoms with Crippen molar-refractivity contribution in [3.8, 4) is 5.69 Å². The summed E-state index contributed by atoms with van der Waals surface area (Å²) >= 11 is 0. The maximum Gasteiger partial charge on any atom is 0.279 e. The minimum atomic E-state index is -0.688. The van der Waals surface area contributed by atoms with Crippen LogP contribution in [0.3, 0.4) is 0 Å². The summed E-state index contributed by atoms with van der Waals surface area (Å²) in [6.45, 7) is 0.234. The van der Waals surface area contributed by atoms with Gasteiger partial charge in [-0.1, -0.05) is 5.21 Å². The first-order valence-electron chi connectivity index (χ1n) is 10.8. The van der Waals surface area contributed by atoms with Crippen LogP contribution < -0.4 is 10.6 Å². The molecule has 0 radical (unpaired) electrons. The highest BCUT2D eigenvalue weighted by atomic mass is 16.2. The lowest BCUT2D eigenvalue weighted by Gasteiger charge is -2.29. The largest absolute Gasteiger partial charge is 0.322 e. The molecule has 13 heteroatoms. The number of aromatic nitrogens is 6. The van der Waals surface area contributed by atoms with E-state index < -0.39 is 17.9 Å². The van der Waals surface area contributed by atoms with Crippen LogP contribution in [0.15, 0.2) is 48.9 Å². The number of nitrogens with one attached hydrogen (secondary N) is 2. The Labute approximate surface area is 196 Å². The van der Waals surface area contributed by atoms with Crippen LogP contribution in [0.2, 0.25) is 0 Å². The average molecular weight is 471 g/mol. The van der Waals surface area contributed by atoms with Crippen molar-refractivity contribution in [3.63, 3.8) is 0 Å². The minimum Gasteiger partial charge on any atom is -0.322 e. The van der Waals surface area contributed by atoms with Crippen molar-refractivity contribution in [2.45, 2.75) is 25.4 Å². The molecule has 1 fully saturated rings. The molecular weight excluding hydrogens is 454 g/mol. The summed E-state index contributed by atoms with van der Waals surface area (Å²) in [5.41, 5.74) is 2.47. The Morgan fingerprint density at radius 3 is 2.91 bits per heavy atom. The molecule has 1 aromatic carbocycles. The van der Waals surface area contributed by atoms with Gasteiger partial charge in [0.2, 0.25) is 11.8 Å². The Morgan fingerprint density at radius 2 is 2.06 bits per heavy atom. The van der Waals surface area contributed by atoms with Crippen molar-refractivity contribution in [1.29, 1.82) is 0 Å². The molecule has 2 N–H and O–H groups in total. The van der Waals surface area contributed by atoms with Gasteiger partial charge in [0, 0.05) is 24.7 Å². The lowest BCUT2D eigenvalue weighted by atomic mass is 10.0. The maximum atomic E-state index is 12.9. The van der Waals surface area contributed by atoms with Crippen LogP contribution in [0.1, 0.15) is 39.3 Å². The van der Waals surface area contributed by atoms with Crippen LogP contribution in [-0.4, -0.2) is 64.2 Å². The molecule has 4 aromatic rings. The summed E-state index contributed by atoms with van der Waals surface area (Å²) in [6, 6.07) is 7.93. The normalized spacial score (nSPS) is 17.5. The van der Waals surface area contributed by atoms with Crippen molar-refractivity contribution < 1.29 is 19.2 Å². The third-order valence-electron chi connectivity index (χ3n) is 6.02. The molecule has 1 unspecified atom stereocenters. The first kappa shape index (κ1) is 20.7. The number of hydrogen-bond acceptors (Lipinski definition) is 8. The van der Waals surface area contributed by atoms with Gasteiger partial charge in [0.05, 0.1) is 18.1 Å². The van der Waals surface area contributed by atoms with Gasteiger partial charge in [-0.05, 0) is 42.3 Å². The van der Waals surface area contributed by atoms with Gasteiger partial charge in [0.15, 0.2) is 17.2 Å². The van der Waals surface area contributed by atoms with Crippen molar-refractivity contribution >= 4 is 35.1 Å². The van der Waals surface area contributed by atoms with E-state index in [4.69, 9.17) is 0 Å². The number of nitrogens with zero attached hydrogens (tertiary/aromatic N) is 7. The monoisotopic (exact) mass is 471 g/mol. The van der Waals surface area contributed by atoms with Crippen LogP contribution >= 0.6 is 0 Å². The second kappa shape index (κ2) is 7.83. The highest BCUT2D eigenvalue weighted by Crippen LogP contribution is 2.29. The fourth-order valence-corrected chi connectivity index (χ4v) is 4.29. The molecule has 6 rings (SSSR count). The van der Waals surface area contributed by atoms with E-state index in [1.807, 2.05) is 0 Å². The number of fused-ring (bicyclic) bond motifs is 2. The van der Waals surface area contributed by atoms with Crippen molar-refractivity contribution in [2.24, 2.45) is 0 Å². The fraction of sp³-hybridized carbons (Fsp3) is 0.182. The number of benzene rings is 1. The molecule has 2 aliphatic heterocycles. The molecule has 0 bridgehead atoms. The van der Waals surface area contributed by atoms with Gasteiger partial charge in [-0.25, -0.2) is 9.67 Å². The van der Waals surface area contributed by atoms with E-state index in [1.54, 1.807) is 36.5 Å². The summed E-state index contributed by atoms with van der Waals surface area (Å²) in [4.78, 5) is 54.9.